The molecule has 3 heterocycles. The van der Waals surface area contributed by atoms with Crippen molar-refractivity contribution < 1.29 is 0 Å². The fourth-order valence-electron chi connectivity index (χ4n) is 1.47. The molecule has 0 atom stereocenters. The second-order valence-electron chi connectivity index (χ2n) is 3.33. The summed E-state index contributed by atoms with van der Waals surface area (Å²) in [5.41, 5.74) is 1.39. The van der Waals surface area contributed by atoms with Gasteiger partial charge in [-0.3, -0.25) is 4.79 Å². The van der Waals surface area contributed by atoms with E-state index in [-0.39, 0.29) is 5.56 Å². The first kappa shape index (κ1) is 9.23. The van der Waals surface area contributed by atoms with Crippen LogP contribution in [0.25, 0.3) is 22.4 Å². The number of hydrogen-bond donors (Lipinski definition) is 1. The van der Waals surface area contributed by atoms with E-state index in [9.17, 15) is 4.79 Å². The predicted molar refractivity (Wildman–Crippen MR) is 63.5 cm³/mol. The number of hydrogen-bond acceptors (Lipinski definition) is 4. The first-order chi connectivity index (χ1) is 7.83. The van der Waals surface area contributed by atoms with Crippen LogP contribution in [0.1, 0.15) is 0 Å². The summed E-state index contributed by atoms with van der Waals surface area (Å²) in [6.07, 6.45) is 1.71. The molecule has 16 heavy (non-hydrogen) atoms. The number of fused-ring (bicyclic) bond motifs is 1. The molecule has 0 fully saturated rings. The van der Waals surface area contributed by atoms with Crippen molar-refractivity contribution in [3.8, 4) is 11.4 Å². The van der Waals surface area contributed by atoms with Gasteiger partial charge in [0, 0.05) is 28.6 Å². The third-order valence-electron chi connectivity index (χ3n) is 2.25. The number of H-pyrrole nitrogens is 1. The molecule has 0 unspecified atom stereocenters. The summed E-state index contributed by atoms with van der Waals surface area (Å²) in [5, 5.41) is 4.78. The maximum atomic E-state index is 11.2. The molecule has 0 amide bonds. The van der Waals surface area contributed by atoms with Crippen molar-refractivity contribution in [1.29, 1.82) is 0 Å². The Morgan fingerprint density at radius 2 is 2.19 bits per heavy atom. The Bertz CT molecular complexity index is 688. The summed E-state index contributed by atoms with van der Waals surface area (Å²) in [6.45, 7) is 0. The van der Waals surface area contributed by atoms with E-state index >= 15 is 0 Å². The molecule has 0 aliphatic rings. The Labute approximate surface area is 94.6 Å². The van der Waals surface area contributed by atoms with Crippen LogP contribution in [0.4, 0.5) is 0 Å². The number of nitrogens with one attached hydrogen (secondary N) is 1. The molecule has 0 aliphatic carbocycles. The molecule has 0 saturated heterocycles. The van der Waals surface area contributed by atoms with Crippen LogP contribution in [-0.2, 0) is 0 Å². The van der Waals surface area contributed by atoms with Gasteiger partial charge in [-0.15, -0.1) is 0 Å². The molecule has 4 nitrogen and oxygen atoms in total. The minimum absolute atomic E-state index is 0.150. The van der Waals surface area contributed by atoms with Gasteiger partial charge >= 0.3 is 0 Å². The third kappa shape index (κ3) is 1.51. The van der Waals surface area contributed by atoms with Gasteiger partial charge in [0.1, 0.15) is 5.65 Å². The van der Waals surface area contributed by atoms with Gasteiger partial charge in [-0.2, -0.15) is 11.3 Å². The van der Waals surface area contributed by atoms with E-state index < -0.39 is 0 Å². The van der Waals surface area contributed by atoms with Crippen molar-refractivity contribution in [2.24, 2.45) is 0 Å². The fourth-order valence-corrected chi connectivity index (χ4v) is 2.10. The number of thiophene rings is 1. The zero-order chi connectivity index (χ0) is 11.0. The zero-order valence-electron chi connectivity index (χ0n) is 8.18. The van der Waals surface area contributed by atoms with E-state index in [1.54, 1.807) is 23.6 Å². The average molecular weight is 229 g/mol. The van der Waals surface area contributed by atoms with Crippen LogP contribution in [0.3, 0.4) is 0 Å². The van der Waals surface area contributed by atoms with Gasteiger partial charge in [-0.05, 0) is 17.5 Å². The molecule has 0 saturated carbocycles. The first-order valence-corrected chi connectivity index (χ1v) is 5.66. The third-order valence-corrected chi connectivity index (χ3v) is 2.94. The quantitative estimate of drug-likeness (QED) is 0.694. The monoisotopic (exact) mass is 229 g/mol. The minimum Gasteiger partial charge on any atom is -0.306 e. The van der Waals surface area contributed by atoms with Gasteiger partial charge in [0.15, 0.2) is 5.82 Å². The van der Waals surface area contributed by atoms with Gasteiger partial charge in [-0.1, -0.05) is 0 Å². The molecular weight excluding hydrogens is 222 g/mol. The molecule has 0 bridgehead atoms. The van der Waals surface area contributed by atoms with E-state index in [1.807, 2.05) is 16.8 Å². The lowest BCUT2D eigenvalue weighted by Gasteiger charge is -1.98. The van der Waals surface area contributed by atoms with Crippen molar-refractivity contribution >= 4 is 22.4 Å². The van der Waals surface area contributed by atoms with Crippen LogP contribution in [0.2, 0.25) is 0 Å². The molecule has 78 valence electrons. The number of pyridine rings is 1. The number of nitrogens with zero attached hydrogens (tertiary/aromatic N) is 2. The van der Waals surface area contributed by atoms with Gasteiger partial charge in [-0.25, -0.2) is 9.97 Å². The van der Waals surface area contributed by atoms with Crippen LogP contribution in [-0.4, -0.2) is 15.0 Å². The number of aromatic amines is 1. The Hall–Kier alpha value is -2.01. The highest BCUT2D eigenvalue weighted by atomic mass is 32.1. The van der Waals surface area contributed by atoms with Crippen LogP contribution in [0.15, 0.2) is 40.0 Å². The average Bonchev–Trinajstić information content (AvgIpc) is 2.81. The van der Waals surface area contributed by atoms with Crippen LogP contribution < -0.4 is 5.56 Å². The highest BCUT2D eigenvalue weighted by molar-refractivity contribution is 7.08. The first-order valence-electron chi connectivity index (χ1n) is 4.71. The minimum atomic E-state index is -0.150. The maximum absolute atomic E-state index is 11.2. The highest BCUT2D eigenvalue weighted by Gasteiger charge is 2.03. The summed E-state index contributed by atoms with van der Waals surface area (Å²) >= 11 is 1.59. The number of aromatic nitrogens is 3. The summed E-state index contributed by atoms with van der Waals surface area (Å²) in [4.78, 5) is 22.4. The highest BCUT2D eigenvalue weighted by Crippen LogP contribution is 2.19. The van der Waals surface area contributed by atoms with Gasteiger partial charge in [0.2, 0.25) is 5.56 Å². The van der Waals surface area contributed by atoms with Crippen molar-refractivity contribution in [3.05, 3.63) is 45.5 Å². The van der Waals surface area contributed by atoms with Crippen LogP contribution in [0.5, 0.6) is 0 Å². The molecule has 3 aromatic heterocycles. The summed E-state index contributed by atoms with van der Waals surface area (Å²) < 4.78 is 0. The molecule has 0 radical (unpaired) electrons. The van der Waals surface area contributed by atoms with E-state index in [2.05, 4.69) is 15.0 Å². The van der Waals surface area contributed by atoms with Gasteiger partial charge in [0.25, 0.3) is 0 Å². The number of rotatable bonds is 1. The van der Waals surface area contributed by atoms with E-state index in [4.69, 9.17) is 0 Å². The van der Waals surface area contributed by atoms with E-state index in [0.717, 1.165) is 10.9 Å². The lowest BCUT2D eigenvalue weighted by Crippen LogP contribution is -2.04. The Morgan fingerprint density at radius 1 is 1.25 bits per heavy atom. The lowest BCUT2D eigenvalue weighted by molar-refractivity contribution is 1.17. The summed E-state index contributed by atoms with van der Waals surface area (Å²) in [6, 6.07) is 5.13. The van der Waals surface area contributed by atoms with Crippen LogP contribution in [0, 0.1) is 0 Å². The smallest absolute Gasteiger partial charge is 0.249 e. The molecule has 5 heteroatoms. The summed E-state index contributed by atoms with van der Waals surface area (Å²) in [5.74, 6) is 0.635. The van der Waals surface area contributed by atoms with Crippen molar-refractivity contribution in [2.75, 3.05) is 0 Å². The summed E-state index contributed by atoms with van der Waals surface area (Å²) in [7, 11) is 0. The Kier molecular flexibility index (Phi) is 2.04. The normalized spacial score (nSPS) is 10.8. The molecular formula is C11H7N3OS. The maximum Gasteiger partial charge on any atom is 0.249 e. The topological polar surface area (TPSA) is 58.6 Å². The van der Waals surface area contributed by atoms with Crippen molar-refractivity contribution in [1.82, 2.24) is 15.0 Å². The Balaban J connectivity index is 2.26. The van der Waals surface area contributed by atoms with E-state index in [1.165, 1.54) is 6.07 Å². The van der Waals surface area contributed by atoms with Gasteiger partial charge in [0.05, 0.1) is 0 Å². The largest absolute Gasteiger partial charge is 0.306 e. The Morgan fingerprint density at radius 3 is 3.00 bits per heavy atom. The molecule has 3 rings (SSSR count). The molecule has 3 aromatic rings. The van der Waals surface area contributed by atoms with Gasteiger partial charge < -0.3 is 4.98 Å². The molecule has 0 aliphatic heterocycles. The molecule has 0 spiro atoms. The van der Waals surface area contributed by atoms with Crippen molar-refractivity contribution in [2.45, 2.75) is 0 Å². The predicted octanol–water partition coefficient (Wildman–Crippen LogP) is 2.05. The molecule has 1 N–H and O–H groups in total. The molecule has 0 aromatic carbocycles. The fraction of sp³-hybridized carbons (Fsp3) is 0. The standard InChI is InChI=1S/C11H7N3OS/c15-9-2-1-7-5-12-10(14-11(7)13-9)8-3-4-16-6-8/h1-6H,(H,12,13,14,15). The second kappa shape index (κ2) is 3.53. The van der Waals surface area contributed by atoms with Crippen LogP contribution >= 0.6 is 11.3 Å². The SMILES string of the molecule is O=c1ccc2cnc(-c3ccsc3)nc2[nH]1. The zero-order valence-corrected chi connectivity index (χ0v) is 8.99. The van der Waals surface area contributed by atoms with Crippen molar-refractivity contribution in [3.63, 3.8) is 0 Å². The lowest BCUT2D eigenvalue weighted by atomic mass is 10.3. The second-order valence-corrected chi connectivity index (χ2v) is 4.11. The van der Waals surface area contributed by atoms with E-state index in [0.29, 0.717) is 11.5 Å².